The summed E-state index contributed by atoms with van der Waals surface area (Å²) in [4.78, 5) is 14.0. The fourth-order valence-corrected chi connectivity index (χ4v) is 3.72. The zero-order valence-corrected chi connectivity index (χ0v) is 16.8. The van der Waals surface area contributed by atoms with Gasteiger partial charge in [0.2, 0.25) is 5.91 Å². The monoisotopic (exact) mass is 455 g/mol. The highest BCUT2D eigenvalue weighted by atomic mass is 79.9. The molecule has 150 valence electrons. The molecule has 1 atom stereocenters. The molecule has 0 radical (unpaired) electrons. The Morgan fingerprint density at radius 2 is 1.93 bits per heavy atom. The number of rotatable bonds is 5. The number of ether oxygens (including phenoxy) is 1. The number of benzene rings is 2. The van der Waals surface area contributed by atoms with E-state index in [0.717, 1.165) is 10.0 Å². The summed E-state index contributed by atoms with van der Waals surface area (Å²) in [5.41, 5.74) is 1.65. The Balaban J connectivity index is 1.69. The zero-order valence-electron chi connectivity index (χ0n) is 15.2. The average molecular weight is 456 g/mol. The van der Waals surface area contributed by atoms with E-state index in [2.05, 4.69) is 15.9 Å². The number of hydrogen-bond acceptors (Lipinski definition) is 2. The molecule has 1 aliphatic heterocycles. The lowest BCUT2D eigenvalue weighted by Crippen LogP contribution is -2.45. The first-order chi connectivity index (χ1) is 13.3. The van der Waals surface area contributed by atoms with Gasteiger partial charge in [0, 0.05) is 23.1 Å². The van der Waals surface area contributed by atoms with E-state index in [1.54, 1.807) is 12.1 Å². The van der Waals surface area contributed by atoms with Gasteiger partial charge in [-0.2, -0.15) is 13.2 Å². The van der Waals surface area contributed by atoms with Crippen molar-refractivity contribution in [3.05, 3.63) is 64.1 Å². The fraction of sp³-hybridized carbons (Fsp3) is 0.381. The van der Waals surface area contributed by atoms with Crippen LogP contribution in [0.25, 0.3) is 0 Å². The Hall–Kier alpha value is -2.02. The van der Waals surface area contributed by atoms with Gasteiger partial charge in [-0.25, -0.2) is 0 Å². The van der Waals surface area contributed by atoms with Gasteiger partial charge in [-0.3, -0.25) is 4.79 Å². The molecule has 3 rings (SSSR count). The molecular formula is C21H21BrF3NO2. The standard InChI is InChI=1S/C21H21BrF3NO2/c22-18-8-9-19(28-14-15-5-2-1-3-6-15)16(11-18)12-20(27)26-10-4-7-17(13-26)21(23,24)25/h1-3,5-6,8-9,11,17H,4,7,10,12-14H2. The Morgan fingerprint density at radius 3 is 2.64 bits per heavy atom. The number of likely N-dealkylation sites (tertiary alicyclic amines) is 1. The summed E-state index contributed by atoms with van der Waals surface area (Å²) in [6.07, 6.45) is -3.81. The Labute approximate surface area is 170 Å². The van der Waals surface area contributed by atoms with Crippen molar-refractivity contribution in [2.75, 3.05) is 13.1 Å². The molecule has 1 amide bonds. The van der Waals surface area contributed by atoms with E-state index in [4.69, 9.17) is 4.74 Å². The second-order valence-corrected chi connectivity index (χ2v) is 7.84. The number of piperidine rings is 1. The molecule has 0 saturated carbocycles. The van der Waals surface area contributed by atoms with Crippen molar-refractivity contribution in [2.24, 2.45) is 5.92 Å². The number of alkyl halides is 3. The number of hydrogen-bond donors (Lipinski definition) is 0. The summed E-state index contributed by atoms with van der Waals surface area (Å²) < 4.78 is 45.7. The molecule has 7 heteroatoms. The zero-order chi connectivity index (χ0) is 20.1. The van der Waals surface area contributed by atoms with E-state index in [1.807, 2.05) is 36.4 Å². The summed E-state index contributed by atoms with van der Waals surface area (Å²) in [7, 11) is 0. The predicted octanol–water partition coefficient (Wildman–Crippen LogP) is 5.37. The lowest BCUT2D eigenvalue weighted by Gasteiger charge is -2.34. The van der Waals surface area contributed by atoms with Gasteiger partial charge in [0.25, 0.3) is 0 Å². The summed E-state index contributed by atoms with van der Waals surface area (Å²) >= 11 is 3.38. The Morgan fingerprint density at radius 1 is 1.18 bits per heavy atom. The minimum atomic E-state index is -4.27. The Bertz CT molecular complexity index is 811. The minimum Gasteiger partial charge on any atom is -0.489 e. The topological polar surface area (TPSA) is 29.5 Å². The maximum Gasteiger partial charge on any atom is 0.393 e. The lowest BCUT2D eigenvalue weighted by molar-refractivity contribution is -0.187. The van der Waals surface area contributed by atoms with Gasteiger partial charge in [0.1, 0.15) is 12.4 Å². The Kier molecular flexibility index (Phi) is 6.65. The van der Waals surface area contributed by atoms with Crippen LogP contribution >= 0.6 is 15.9 Å². The van der Waals surface area contributed by atoms with Crippen LogP contribution in [0, 0.1) is 5.92 Å². The number of nitrogens with zero attached hydrogens (tertiary/aromatic N) is 1. The van der Waals surface area contributed by atoms with E-state index >= 15 is 0 Å². The molecular weight excluding hydrogens is 435 g/mol. The van der Waals surface area contributed by atoms with Crippen molar-refractivity contribution in [1.29, 1.82) is 0 Å². The molecule has 1 saturated heterocycles. The quantitative estimate of drug-likeness (QED) is 0.606. The van der Waals surface area contributed by atoms with Crippen molar-refractivity contribution >= 4 is 21.8 Å². The van der Waals surface area contributed by atoms with E-state index < -0.39 is 12.1 Å². The van der Waals surface area contributed by atoms with Gasteiger partial charge in [0.15, 0.2) is 0 Å². The van der Waals surface area contributed by atoms with Gasteiger partial charge in [-0.05, 0) is 36.6 Å². The largest absolute Gasteiger partial charge is 0.489 e. The van der Waals surface area contributed by atoms with Crippen LogP contribution in [0.3, 0.4) is 0 Å². The van der Waals surface area contributed by atoms with Gasteiger partial charge in [-0.15, -0.1) is 0 Å². The van der Waals surface area contributed by atoms with E-state index in [1.165, 1.54) is 4.90 Å². The molecule has 3 nitrogen and oxygen atoms in total. The molecule has 2 aromatic rings. The SMILES string of the molecule is O=C(Cc1cc(Br)ccc1OCc1ccccc1)N1CCCC(C(F)(F)F)C1. The number of carbonyl (C=O) groups excluding carboxylic acids is 1. The summed E-state index contributed by atoms with van der Waals surface area (Å²) in [6.45, 7) is 0.444. The van der Waals surface area contributed by atoms with Crippen LogP contribution in [0.5, 0.6) is 5.75 Å². The normalized spacial score (nSPS) is 17.4. The summed E-state index contributed by atoms with van der Waals surface area (Å²) in [5, 5.41) is 0. The number of carbonyl (C=O) groups is 1. The van der Waals surface area contributed by atoms with E-state index in [-0.39, 0.29) is 25.3 Å². The van der Waals surface area contributed by atoms with Gasteiger partial charge in [0.05, 0.1) is 12.3 Å². The van der Waals surface area contributed by atoms with Gasteiger partial charge in [-0.1, -0.05) is 46.3 Å². The second kappa shape index (κ2) is 8.99. The van der Waals surface area contributed by atoms with E-state index in [9.17, 15) is 18.0 Å². The van der Waals surface area contributed by atoms with Crippen LogP contribution in [0.1, 0.15) is 24.0 Å². The van der Waals surface area contributed by atoms with Crippen LogP contribution in [0.15, 0.2) is 53.0 Å². The second-order valence-electron chi connectivity index (χ2n) is 6.92. The third-order valence-electron chi connectivity index (χ3n) is 4.84. The minimum absolute atomic E-state index is 0.00808. The molecule has 0 bridgehead atoms. The molecule has 1 unspecified atom stereocenters. The predicted molar refractivity (Wildman–Crippen MR) is 104 cm³/mol. The molecule has 0 aromatic heterocycles. The van der Waals surface area contributed by atoms with Crippen molar-refractivity contribution in [1.82, 2.24) is 4.90 Å². The van der Waals surface area contributed by atoms with Crippen LogP contribution in [-0.2, 0) is 17.8 Å². The molecule has 2 aromatic carbocycles. The third-order valence-corrected chi connectivity index (χ3v) is 5.33. The van der Waals surface area contributed by atoms with Crippen LogP contribution in [0.4, 0.5) is 13.2 Å². The summed E-state index contributed by atoms with van der Waals surface area (Å²) in [5.74, 6) is -1.19. The number of halogens is 4. The molecule has 1 fully saturated rings. The van der Waals surface area contributed by atoms with Crippen molar-refractivity contribution in [2.45, 2.75) is 32.0 Å². The third kappa shape index (κ3) is 5.50. The first kappa shape index (κ1) is 20.7. The van der Waals surface area contributed by atoms with Crippen LogP contribution in [-0.4, -0.2) is 30.1 Å². The lowest BCUT2D eigenvalue weighted by atomic mass is 9.97. The molecule has 1 aliphatic rings. The van der Waals surface area contributed by atoms with Crippen molar-refractivity contribution in [3.8, 4) is 5.75 Å². The molecule has 1 heterocycles. The maximum atomic E-state index is 13.0. The average Bonchev–Trinajstić information content (AvgIpc) is 2.67. The fourth-order valence-electron chi connectivity index (χ4n) is 3.31. The van der Waals surface area contributed by atoms with Crippen LogP contribution in [0.2, 0.25) is 0 Å². The molecule has 0 aliphatic carbocycles. The maximum absolute atomic E-state index is 13.0. The highest BCUT2D eigenvalue weighted by Gasteiger charge is 2.42. The van der Waals surface area contributed by atoms with Crippen LogP contribution < -0.4 is 4.74 Å². The number of amides is 1. The van der Waals surface area contributed by atoms with Crippen molar-refractivity contribution in [3.63, 3.8) is 0 Å². The first-order valence-corrected chi connectivity index (χ1v) is 9.92. The highest BCUT2D eigenvalue weighted by molar-refractivity contribution is 9.10. The highest BCUT2D eigenvalue weighted by Crippen LogP contribution is 2.33. The van der Waals surface area contributed by atoms with Crippen molar-refractivity contribution < 1.29 is 22.7 Å². The van der Waals surface area contributed by atoms with E-state index in [0.29, 0.717) is 30.9 Å². The summed E-state index contributed by atoms with van der Waals surface area (Å²) in [6, 6.07) is 15.0. The smallest absolute Gasteiger partial charge is 0.393 e. The molecule has 0 N–H and O–H groups in total. The first-order valence-electron chi connectivity index (χ1n) is 9.12. The van der Waals surface area contributed by atoms with Gasteiger partial charge >= 0.3 is 6.18 Å². The van der Waals surface area contributed by atoms with Gasteiger partial charge < -0.3 is 9.64 Å². The molecule has 28 heavy (non-hydrogen) atoms. The molecule has 0 spiro atoms.